The predicted molar refractivity (Wildman–Crippen MR) is 84.3 cm³/mol. The van der Waals surface area contributed by atoms with Crippen LogP contribution in [0.15, 0.2) is 12.3 Å². The van der Waals surface area contributed by atoms with Gasteiger partial charge in [-0.2, -0.15) is 0 Å². The Labute approximate surface area is 135 Å². The smallest absolute Gasteiger partial charge is 0.326 e. The Balaban J connectivity index is 2.02. The molecule has 0 spiro atoms. The van der Waals surface area contributed by atoms with Crippen LogP contribution in [0.4, 0.5) is 0 Å². The Hall–Kier alpha value is -2.31. The molecular formula is C16H23N3O4. The highest BCUT2D eigenvalue weighted by Gasteiger charge is 2.24. The van der Waals surface area contributed by atoms with E-state index in [0.717, 1.165) is 25.9 Å². The second-order valence-corrected chi connectivity index (χ2v) is 6.30. The van der Waals surface area contributed by atoms with Gasteiger partial charge in [0.15, 0.2) is 0 Å². The van der Waals surface area contributed by atoms with Crippen molar-refractivity contribution in [3.05, 3.63) is 23.5 Å². The SMILES string of the molecule is CC(C)CC(NC(=O)c1c[nH]c(C(=O)N2CCCC2)c1)C(=O)O. The molecule has 0 radical (unpaired) electrons. The third kappa shape index (κ3) is 4.34. The molecule has 1 aromatic rings. The molecule has 2 heterocycles. The molecule has 1 aliphatic rings. The van der Waals surface area contributed by atoms with E-state index in [0.29, 0.717) is 12.1 Å². The Bertz CT molecular complexity index is 588. The molecule has 3 N–H and O–H groups in total. The number of carbonyl (C=O) groups excluding carboxylic acids is 2. The van der Waals surface area contributed by atoms with E-state index >= 15 is 0 Å². The van der Waals surface area contributed by atoms with Crippen molar-refractivity contribution < 1.29 is 19.5 Å². The van der Waals surface area contributed by atoms with E-state index in [4.69, 9.17) is 0 Å². The van der Waals surface area contributed by atoms with Gasteiger partial charge in [0, 0.05) is 19.3 Å². The lowest BCUT2D eigenvalue weighted by molar-refractivity contribution is -0.139. The highest BCUT2D eigenvalue weighted by Crippen LogP contribution is 2.14. The number of nitrogens with zero attached hydrogens (tertiary/aromatic N) is 1. The molecule has 2 rings (SSSR count). The van der Waals surface area contributed by atoms with E-state index in [9.17, 15) is 19.5 Å². The molecule has 23 heavy (non-hydrogen) atoms. The molecule has 7 nitrogen and oxygen atoms in total. The molecule has 1 fully saturated rings. The number of carboxylic acid groups (broad SMARTS) is 1. The monoisotopic (exact) mass is 321 g/mol. The summed E-state index contributed by atoms with van der Waals surface area (Å²) in [5.41, 5.74) is 0.621. The van der Waals surface area contributed by atoms with Gasteiger partial charge in [0.2, 0.25) is 0 Å². The number of aromatic amines is 1. The van der Waals surface area contributed by atoms with Crippen LogP contribution in [-0.2, 0) is 4.79 Å². The van der Waals surface area contributed by atoms with Crippen molar-refractivity contribution in [1.82, 2.24) is 15.2 Å². The molecule has 1 saturated heterocycles. The quantitative estimate of drug-likeness (QED) is 0.738. The lowest BCUT2D eigenvalue weighted by Gasteiger charge is -2.16. The van der Waals surface area contributed by atoms with Crippen molar-refractivity contribution in [2.45, 2.75) is 39.2 Å². The zero-order chi connectivity index (χ0) is 17.0. The predicted octanol–water partition coefficient (Wildman–Crippen LogP) is 1.48. The van der Waals surface area contributed by atoms with E-state index in [1.807, 2.05) is 13.8 Å². The first-order valence-corrected chi connectivity index (χ1v) is 7.90. The zero-order valence-electron chi connectivity index (χ0n) is 13.5. The Morgan fingerprint density at radius 1 is 1.30 bits per heavy atom. The number of aliphatic carboxylic acids is 1. The summed E-state index contributed by atoms with van der Waals surface area (Å²) >= 11 is 0. The zero-order valence-corrected chi connectivity index (χ0v) is 13.5. The van der Waals surface area contributed by atoms with Gasteiger partial charge in [-0.15, -0.1) is 0 Å². The molecular weight excluding hydrogens is 298 g/mol. The number of carboxylic acids is 1. The van der Waals surface area contributed by atoms with Crippen LogP contribution in [0.1, 0.15) is 54.0 Å². The van der Waals surface area contributed by atoms with Crippen LogP contribution in [0, 0.1) is 5.92 Å². The van der Waals surface area contributed by atoms with Crippen LogP contribution in [0.3, 0.4) is 0 Å². The van der Waals surface area contributed by atoms with Crippen molar-refractivity contribution in [3.8, 4) is 0 Å². The van der Waals surface area contributed by atoms with Crippen LogP contribution in [0.25, 0.3) is 0 Å². The summed E-state index contributed by atoms with van der Waals surface area (Å²) in [5, 5.41) is 11.7. The van der Waals surface area contributed by atoms with E-state index in [1.54, 1.807) is 4.90 Å². The summed E-state index contributed by atoms with van der Waals surface area (Å²) in [6.07, 6.45) is 3.78. The average molecular weight is 321 g/mol. The number of carbonyl (C=O) groups is 3. The number of rotatable bonds is 6. The molecule has 0 saturated carbocycles. The lowest BCUT2D eigenvalue weighted by atomic mass is 10.0. The van der Waals surface area contributed by atoms with E-state index in [2.05, 4.69) is 10.3 Å². The van der Waals surface area contributed by atoms with Gasteiger partial charge in [0.25, 0.3) is 11.8 Å². The Kier molecular flexibility index (Phi) is 5.41. The highest BCUT2D eigenvalue weighted by atomic mass is 16.4. The molecule has 0 bridgehead atoms. The molecule has 1 unspecified atom stereocenters. The lowest BCUT2D eigenvalue weighted by Crippen LogP contribution is -2.41. The number of hydrogen-bond donors (Lipinski definition) is 3. The minimum atomic E-state index is -1.06. The number of likely N-dealkylation sites (tertiary alicyclic amines) is 1. The van der Waals surface area contributed by atoms with Gasteiger partial charge in [-0.1, -0.05) is 13.8 Å². The summed E-state index contributed by atoms with van der Waals surface area (Å²) < 4.78 is 0. The molecule has 1 atom stereocenters. The molecule has 1 aliphatic heterocycles. The maximum absolute atomic E-state index is 12.2. The number of hydrogen-bond acceptors (Lipinski definition) is 3. The average Bonchev–Trinajstić information content (AvgIpc) is 3.16. The second-order valence-electron chi connectivity index (χ2n) is 6.30. The van der Waals surface area contributed by atoms with Gasteiger partial charge in [0.1, 0.15) is 11.7 Å². The van der Waals surface area contributed by atoms with Crippen molar-refractivity contribution >= 4 is 17.8 Å². The maximum atomic E-state index is 12.2. The van der Waals surface area contributed by atoms with Gasteiger partial charge in [-0.25, -0.2) is 4.79 Å². The van der Waals surface area contributed by atoms with Crippen molar-refractivity contribution in [1.29, 1.82) is 0 Å². The summed E-state index contributed by atoms with van der Waals surface area (Å²) in [7, 11) is 0. The van der Waals surface area contributed by atoms with Crippen LogP contribution >= 0.6 is 0 Å². The fraction of sp³-hybridized carbons (Fsp3) is 0.562. The number of H-pyrrole nitrogens is 1. The van der Waals surface area contributed by atoms with E-state index in [-0.39, 0.29) is 17.4 Å². The number of amides is 2. The minimum absolute atomic E-state index is 0.126. The minimum Gasteiger partial charge on any atom is -0.480 e. The fourth-order valence-corrected chi connectivity index (χ4v) is 2.67. The first-order chi connectivity index (χ1) is 10.9. The van der Waals surface area contributed by atoms with Gasteiger partial charge >= 0.3 is 5.97 Å². The first kappa shape index (κ1) is 17.1. The molecule has 2 amide bonds. The Morgan fingerprint density at radius 2 is 1.96 bits per heavy atom. The Morgan fingerprint density at radius 3 is 2.52 bits per heavy atom. The maximum Gasteiger partial charge on any atom is 0.326 e. The van der Waals surface area contributed by atoms with Crippen LogP contribution in [0.2, 0.25) is 0 Å². The number of nitrogens with one attached hydrogen (secondary N) is 2. The van der Waals surface area contributed by atoms with Crippen molar-refractivity contribution in [2.75, 3.05) is 13.1 Å². The van der Waals surface area contributed by atoms with Crippen LogP contribution in [0.5, 0.6) is 0 Å². The van der Waals surface area contributed by atoms with Crippen molar-refractivity contribution in [3.63, 3.8) is 0 Å². The van der Waals surface area contributed by atoms with Gasteiger partial charge in [0.05, 0.1) is 5.56 Å². The van der Waals surface area contributed by atoms with Crippen LogP contribution in [-0.4, -0.2) is 51.9 Å². The summed E-state index contributed by atoms with van der Waals surface area (Å²) in [4.78, 5) is 40.2. The largest absolute Gasteiger partial charge is 0.480 e. The molecule has 7 heteroatoms. The number of aromatic nitrogens is 1. The molecule has 0 aromatic carbocycles. The van der Waals surface area contributed by atoms with Gasteiger partial charge < -0.3 is 20.3 Å². The normalized spacial score (nSPS) is 15.7. The third-order valence-electron chi connectivity index (χ3n) is 3.88. The topological polar surface area (TPSA) is 103 Å². The standard InChI is InChI=1S/C16H23N3O4/c1-10(2)7-13(16(22)23)18-14(20)11-8-12(17-9-11)15(21)19-5-3-4-6-19/h8-10,13,17H,3-7H2,1-2H3,(H,18,20)(H,22,23). The van der Waals surface area contributed by atoms with Gasteiger partial charge in [-0.05, 0) is 31.2 Å². The summed E-state index contributed by atoms with van der Waals surface area (Å²) in [6, 6.07) is 0.541. The van der Waals surface area contributed by atoms with E-state index in [1.165, 1.54) is 12.3 Å². The highest BCUT2D eigenvalue weighted by molar-refractivity contribution is 6.00. The molecule has 126 valence electrons. The van der Waals surface area contributed by atoms with Gasteiger partial charge in [-0.3, -0.25) is 9.59 Å². The first-order valence-electron chi connectivity index (χ1n) is 7.90. The molecule has 1 aromatic heterocycles. The third-order valence-corrected chi connectivity index (χ3v) is 3.88. The summed E-state index contributed by atoms with van der Waals surface area (Å²) in [6.45, 7) is 5.25. The van der Waals surface area contributed by atoms with E-state index < -0.39 is 17.9 Å². The summed E-state index contributed by atoms with van der Waals surface area (Å²) in [5.74, 6) is -1.53. The second kappa shape index (κ2) is 7.30. The van der Waals surface area contributed by atoms with Crippen LogP contribution < -0.4 is 5.32 Å². The fourth-order valence-electron chi connectivity index (χ4n) is 2.67. The molecule has 0 aliphatic carbocycles. The van der Waals surface area contributed by atoms with Crippen molar-refractivity contribution in [2.24, 2.45) is 5.92 Å².